The topological polar surface area (TPSA) is 55.4 Å². The molecule has 0 saturated heterocycles. The monoisotopic (exact) mass is 303 g/mol. The quantitative estimate of drug-likeness (QED) is 0.864. The Labute approximate surface area is 106 Å². The predicted octanol–water partition coefficient (Wildman–Crippen LogP) is 1.88. The summed E-state index contributed by atoms with van der Waals surface area (Å²) in [6, 6.07) is 4.25. The van der Waals surface area contributed by atoms with Crippen LogP contribution in [-0.4, -0.2) is 25.5 Å². The molecule has 92 valence electrons. The van der Waals surface area contributed by atoms with E-state index in [1.165, 1.54) is 19.2 Å². The lowest BCUT2D eigenvalue weighted by atomic mass is 10.2. The van der Waals surface area contributed by atoms with Gasteiger partial charge < -0.3 is 10.1 Å². The summed E-state index contributed by atoms with van der Waals surface area (Å²) in [5, 5.41) is 2.44. The number of carbonyl (C=O) groups excluding carboxylic acids is 2. The maximum absolute atomic E-state index is 13.4. The van der Waals surface area contributed by atoms with Gasteiger partial charge in [0.1, 0.15) is 5.82 Å². The summed E-state index contributed by atoms with van der Waals surface area (Å²) in [7, 11) is 1.26. The summed E-state index contributed by atoms with van der Waals surface area (Å²) in [4.78, 5) is 22.4. The van der Waals surface area contributed by atoms with Crippen LogP contribution >= 0.6 is 15.9 Å². The number of hydrogen-bond donors (Lipinski definition) is 1. The molecule has 0 fully saturated rings. The highest BCUT2D eigenvalue weighted by molar-refractivity contribution is 9.10. The van der Waals surface area contributed by atoms with Crippen molar-refractivity contribution in [1.82, 2.24) is 5.32 Å². The molecule has 0 unspecified atom stereocenters. The first-order valence-corrected chi connectivity index (χ1v) is 5.64. The molecule has 0 saturated carbocycles. The van der Waals surface area contributed by atoms with Crippen molar-refractivity contribution in [3.05, 3.63) is 34.1 Å². The van der Waals surface area contributed by atoms with Crippen LogP contribution in [0.4, 0.5) is 4.39 Å². The van der Waals surface area contributed by atoms with Crippen LogP contribution in [0.2, 0.25) is 0 Å². The number of rotatable bonds is 4. The number of esters is 1. The maximum Gasteiger partial charge on any atom is 0.307 e. The van der Waals surface area contributed by atoms with Crippen LogP contribution in [0.15, 0.2) is 22.7 Å². The minimum atomic E-state index is -0.616. The van der Waals surface area contributed by atoms with Gasteiger partial charge in [0.15, 0.2) is 0 Å². The van der Waals surface area contributed by atoms with E-state index in [-0.39, 0.29) is 18.5 Å². The van der Waals surface area contributed by atoms with Crippen molar-refractivity contribution >= 4 is 27.8 Å². The lowest BCUT2D eigenvalue weighted by molar-refractivity contribution is -0.140. The average Bonchev–Trinajstić information content (AvgIpc) is 2.28. The van der Waals surface area contributed by atoms with Gasteiger partial charge in [-0.1, -0.05) is 6.07 Å². The number of carbonyl (C=O) groups is 2. The molecule has 1 amide bonds. The molecule has 6 heteroatoms. The second-order valence-corrected chi connectivity index (χ2v) is 4.03. The summed E-state index contributed by atoms with van der Waals surface area (Å²) in [5.41, 5.74) is -0.0719. The first kappa shape index (κ1) is 13.6. The lowest BCUT2D eigenvalue weighted by Gasteiger charge is -2.07. The SMILES string of the molecule is COC(=O)CCNC(=O)c1c(F)cccc1Br. The standard InChI is InChI=1S/C11H11BrFNO3/c1-17-9(15)5-6-14-11(16)10-7(12)3-2-4-8(10)13/h2-4H,5-6H2,1H3,(H,14,16). The minimum absolute atomic E-state index is 0.0499. The third kappa shape index (κ3) is 3.81. The van der Waals surface area contributed by atoms with E-state index in [9.17, 15) is 14.0 Å². The number of methoxy groups -OCH3 is 1. The van der Waals surface area contributed by atoms with Crippen LogP contribution in [0.25, 0.3) is 0 Å². The van der Waals surface area contributed by atoms with E-state index in [4.69, 9.17) is 0 Å². The molecular formula is C11H11BrFNO3. The molecule has 0 aliphatic rings. The van der Waals surface area contributed by atoms with Crippen LogP contribution < -0.4 is 5.32 Å². The number of ether oxygens (including phenoxy) is 1. The molecule has 1 N–H and O–H groups in total. The molecule has 0 aliphatic carbocycles. The summed E-state index contributed by atoms with van der Waals surface area (Å²) in [6.45, 7) is 0.103. The zero-order chi connectivity index (χ0) is 12.8. The van der Waals surface area contributed by atoms with E-state index in [0.29, 0.717) is 4.47 Å². The Hall–Kier alpha value is -1.43. The molecule has 0 aliphatic heterocycles. The zero-order valence-corrected chi connectivity index (χ0v) is 10.7. The normalized spacial score (nSPS) is 9.82. The Balaban J connectivity index is 2.61. The molecule has 0 radical (unpaired) electrons. The van der Waals surface area contributed by atoms with E-state index < -0.39 is 17.7 Å². The fourth-order valence-corrected chi connectivity index (χ4v) is 1.71. The van der Waals surface area contributed by atoms with Gasteiger partial charge in [0.2, 0.25) is 0 Å². The van der Waals surface area contributed by atoms with Crippen molar-refractivity contribution in [2.45, 2.75) is 6.42 Å². The Morgan fingerprint density at radius 1 is 1.47 bits per heavy atom. The fraction of sp³-hybridized carbons (Fsp3) is 0.273. The Kier molecular flexibility index (Phi) is 5.09. The highest BCUT2D eigenvalue weighted by Gasteiger charge is 2.15. The maximum atomic E-state index is 13.4. The van der Waals surface area contributed by atoms with Gasteiger partial charge in [-0.2, -0.15) is 0 Å². The molecule has 1 aromatic carbocycles. The molecule has 0 aromatic heterocycles. The van der Waals surface area contributed by atoms with Crippen LogP contribution in [0.1, 0.15) is 16.8 Å². The van der Waals surface area contributed by atoms with Crippen LogP contribution in [-0.2, 0) is 9.53 Å². The van der Waals surface area contributed by atoms with E-state index in [0.717, 1.165) is 0 Å². The molecule has 1 rings (SSSR count). The Morgan fingerprint density at radius 2 is 2.18 bits per heavy atom. The number of amides is 1. The van der Waals surface area contributed by atoms with Gasteiger partial charge in [0, 0.05) is 11.0 Å². The highest BCUT2D eigenvalue weighted by Crippen LogP contribution is 2.19. The van der Waals surface area contributed by atoms with Gasteiger partial charge in [-0.05, 0) is 28.1 Å². The molecule has 0 bridgehead atoms. The fourth-order valence-electron chi connectivity index (χ4n) is 1.18. The Morgan fingerprint density at radius 3 is 2.76 bits per heavy atom. The Bertz CT molecular complexity index is 416. The third-order valence-corrected chi connectivity index (χ3v) is 2.69. The number of hydrogen-bond acceptors (Lipinski definition) is 3. The molecule has 1 aromatic rings. The molecule has 0 atom stereocenters. The van der Waals surface area contributed by atoms with Gasteiger partial charge in [0.25, 0.3) is 5.91 Å². The van der Waals surface area contributed by atoms with Gasteiger partial charge in [-0.15, -0.1) is 0 Å². The predicted molar refractivity (Wildman–Crippen MR) is 63.1 cm³/mol. The largest absolute Gasteiger partial charge is 0.469 e. The van der Waals surface area contributed by atoms with E-state index in [1.54, 1.807) is 6.07 Å². The van der Waals surface area contributed by atoms with Crippen molar-refractivity contribution in [2.75, 3.05) is 13.7 Å². The first-order chi connectivity index (χ1) is 8.06. The second kappa shape index (κ2) is 6.34. The second-order valence-electron chi connectivity index (χ2n) is 3.18. The smallest absolute Gasteiger partial charge is 0.307 e. The van der Waals surface area contributed by atoms with Crippen LogP contribution in [0.5, 0.6) is 0 Å². The molecular weight excluding hydrogens is 293 g/mol. The first-order valence-electron chi connectivity index (χ1n) is 4.85. The van der Waals surface area contributed by atoms with Crippen molar-refractivity contribution in [2.24, 2.45) is 0 Å². The van der Waals surface area contributed by atoms with Crippen molar-refractivity contribution in [1.29, 1.82) is 0 Å². The van der Waals surface area contributed by atoms with Gasteiger partial charge in [-0.3, -0.25) is 9.59 Å². The third-order valence-electron chi connectivity index (χ3n) is 2.03. The lowest BCUT2D eigenvalue weighted by Crippen LogP contribution is -2.27. The van der Waals surface area contributed by atoms with Crippen molar-refractivity contribution < 1.29 is 18.7 Å². The zero-order valence-electron chi connectivity index (χ0n) is 9.13. The average molecular weight is 304 g/mol. The molecule has 0 heterocycles. The molecule has 17 heavy (non-hydrogen) atoms. The van der Waals surface area contributed by atoms with E-state index in [1.807, 2.05) is 0 Å². The van der Waals surface area contributed by atoms with E-state index >= 15 is 0 Å². The van der Waals surface area contributed by atoms with E-state index in [2.05, 4.69) is 26.0 Å². The van der Waals surface area contributed by atoms with Crippen molar-refractivity contribution in [3.8, 4) is 0 Å². The summed E-state index contributed by atoms with van der Waals surface area (Å²) < 4.78 is 18.2. The summed E-state index contributed by atoms with van der Waals surface area (Å²) in [5.74, 6) is -1.62. The molecule has 4 nitrogen and oxygen atoms in total. The number of benzene rings is 1. The van der Waals surface area contributed by atoms with Crippen LogP contribution in [0.3, 0.4) is 0 Å². The van der Waals surface area contributed by atoms with Crippen molar-refractivity contribution in [3.63, 3.8) is 0 Å². The van der Waals surface area contributed by atoms with Gasteiger partial charge >= 0.3 is 5.97 Å². The summed E-state index contributed by atoms with van der Waals surface area (Å²) >= 11 is 3.09. The minimum Gasteiger partial charge on any atom is -0.469 e. The highest BCUT2D eigenvalue weighted by atomic mass is 79.9. The molecule has 0 spiro atoms. The summed E-state index contributed by atoms with van der Waals surface area (Å²) in [6.07, 6.45) is 0.0499. The number of halogens is 2. The van der Waals surface area contributed by atoms with Gasteiger partial charge in [-0.25, -0.2) is 4.39 Å². The van der Waals surface area contributed by atoms with Crippen LogP contribution in [0, 0.1) is 5.82 Å². The van der Waals surface area contributed by atoms with Gasteiger partial charge in [0.05, 0.1) is 19.1 Å². The number of nitrogens with one attached hydrogen (secondary N) is 1.